The van der Waals surface area contributed by atoms with Crippen LogP contribution in [-0.2, 0) is 9.47 Å². The molecule has 22 heavy (non-hydrogen) atoms. The summed E-state index contributed by atoms with van der Waals surface area (Å²) in [7, 11) is 1.61. The van der Waals surface area contributed by atoms with Gasteiger partial charge in [0.15, 0.2) is 0 Å². The first-order valence-corrected chi connectivity index (χ1v) is 7.68. The topological polar surface area (TPSA) is 84.8 Å². The summed E-state index contributed by atoms with van der Waals surface area (Å²) in [6.07, 6.45) is 0. The standard InChI is InChI=1S/C14H19N3O4S/c1-20-8-9-21-7-5-17(4-6-18)14(19)11-2-3-12-13(10-11)16-22-15-12/h2-3,10,18H,4-9H2,1H3. The SMILES string of the molecule is COCCOCCN(CCO)C(=O)c1ccc2nsnc2c1. The molecule has 1 N–H and O–H groups in total. The van der Waals surface area contributed by atoms with Crippen LogP contribution in [0.4, 0.5) is 0 Å². The smallest absolute Gasteiger partial charge is 0.254 e. The maximum absolute atomic E-state index is 12.5. The van der Waals surface area contributed by atoms with Crippen LogP contribution in [0.3, 0.4) is 0 Å². The van der Waals surface area contributed by atoms with Crippen molar-refractivity contribution in [3.05, 3.63) is 23.8 Å². The van der Waals surface area contributed by atoms with E-state index >= 15 is 0 Å². The molecule has 0 aliphatic heterocycles. The fraction of sp³-hybridized carbons (Fsp3) is 0.500. The molecule has 0 radical (unpaired) electrons. The number of hydrogen-bond donors (Lipinski definition) is 1. The Morgan fingerprint density at radius 1 is 1.23 bits per heavy atom. The van der Waals surface area contributed by atoms with Crippen LogP contribution in [0, 0.1) is 0 Å². The zero-order valence-corrected chi connectivity index (χ0v) is 13.2. The minimum Gasteiger partial charge on any atom is -0.395 e. The van der Waals surface area contributed by atoms with Crippen LogP contribution < -0.4 is 0 Å². The summed E-state index contributed by atoms with van der Waals surface area (Å²) in [6, 6.07) is 5.22. The van der Waals surface area contributed by atoms with E-state index in [1.54, 1.807) is 30.2 Å². The van der Waals surface area contributed by atoms with Gasteiger partial charge in [0.2, 0.25) is 0 Å². The van der Waals surface area contributed by atoms with Gasteiger partial charge in [-0.05, 0) is 18.2 Å². The fourth-order valence-corrected chi connectivity index (χ4v) is 2.47. The van der Waals surface area contributed by atoms with Crippen LogP contribution in [-0.4, -0.2) is 71.3 Å². The zero-order valence-electron chi connectivity index (χ0n) is 12.4. The van der Waals surface area contributed by atoms with Gasteiger partial charge >= 0.3 is 0 Å². The maximum atomic E-state index is 12.5. The number of carbonyl (C=O) groups is 1. The molecule has 0 aliphatic carbocycles. The Labute approximate surface area is 132 Å². The summed E-state index contributed by atoms with van der Waals surface area (Å²) in [5.74, 6) is -0.153. The number of fused-ring (bicyclic) bond motifs is 1. The van der Waals surface area contributed by atoms with Crippen molar-refractivity contribution in [3.8, 4) is 0 Å². The van der Waals surface area contributed by atoms with E-state index in [0.29, 0.717) is 37.4 Å². The number of ether oxygens (including phenoxy) is 2. The average molecular weight is 325 g/mol. The predicted octanol–water partition coefficient (Wildman–Crippen LogP) is 0.789. The van der Waals surface area contributed by atoms with Crippen LogP contribution >= 0.6 is 11.7 Å². The van der Waals surface area contributed by atoms with Crippen LogP contribution in [0.1, 0.15) is 10.4 Å². The van der Waals surface area contributed by atoms with Gasteiger partial charge in [-0.15, -0.1) is 0 Å². The molecule has 8 heteroatoms. The molecule has 0 bridgehead atoms. The van der Waals surface area contributed by atoms with Gasteiger partial charge in [0.1, 0.15) is 11.0 Å². The molecule has 0 saturated heterocycles. The number of amides is 1. The molecular formula is C14H19N3O4S. The largest absolute Gasteiger partial charge is 0.395 e. The van der Waals surface area contributed by atoms with E-state index in [4.69, 9.17) is 14.6 Å². The molecule has 0 spiro atoms. The quantitative estimate of drug-likeness (QED) is 0.686. The number of carbonyl (C=O) groups excluding carboxylic acids is 1. The molecule has 2 rings (SSSR count). The lowest BCUT2D eigenvalue weighted by Crippen LogP contribution is -2.36. The van der Waals surface area contributed by atoms with Gasteiger partial charge in [0, 0.05) is 25.8 Å². The Hall–Kier alpha value is -1.61. The van der Waals surface area contributed by atoms with Crippen LogP contribution in [0.15, 0.2) is 18.2 Å². The van der Waals surface area contributed by atoms with E-state index in [0.717, 1.165) is 17.2 Å². The second-order valence-electron chi connectivity index (χ2n) is 4.59. The molecule has 1 amide bonds. The van der Waals surface area contributed by atoms with Gasteiger partial charge in [0.05, 0.1) is 38.2 Å². The molecule has 1 aromatic carbocycles. The lowest BCUT2D eigenvalue weighted by molar-refractivity contribution is 0.0461. The number of benzene rings is 1. The highest BCUT2D eigenvalue weighted by atomic mass is 32.1. The van der Waals surface area contributed by atoms with Crippen molar-refractivity contribution in [2.45, 2.75) is 0 Å². The van der Waals surface area contributed by atoms with Crippen LogP contribution in [0.5, 0.6) is 0 Å². The van der Waals surface area contributed by atoms with Gasteiger partial charge in [-0.1, -0.05) is 0 Å². The van der Waals surface area contributed by atoms with Crippen molar-refractivity contribution < 1.29 is 19.4 Å². The summed E-state index contributed by atoms with van der Waals surface area (Å²) >= 11 is 1.12. The highest BCUT2D eigenvalue weighted by molar-refractivity contribution is 7.00. The van der Waals surface area contributed by atoms with E-state index in [1.807, 2.05) is 0 Å². The molecule has 7 nitrogen and oxygen atoms in total. The maximum Gasteiger partial charge on any atom is 0.254 e. The highest BCUT2D eigenvalue weighted by Gasteiger charge is 2.16. The third kappa shape index (κ3) is 4.44. The molecule has 1 heterocycles. The Morgan fingerprint density at radius 2 is 2.05 bits per heavy atom. The van der Waals surface area contributed by atoms with Crippen molar-refractivity contribution in [1.29, 1.82) is 0 Å². The third-order valence-corrected chi connectivity index (χ3v) is 3.65. The molecule has 0 unspecified atom stereocenters. The second kappa shape index (κ2) is 8.74. The molecule has 0 fully saturated rings. The monoisotopic (exact) mass is 325 g/mol. The normalized spacial score (nSPS) is 11.0. The summed E-state index contributed by atoms with van der Waals surface area (Å²) in [6.45, 7) is 1.98. The number of aliphatic hydroxyl groups excluding tert-OH is 1. The molecule has 0 saturated carbocycles. The van der Waals surface area contributed by atoms with E-state index in [2.05, 4.69) is 8.75 Å². The Kier molecular flexibility index (Phi) is 6.66. The number of aliphatic hydroxyl groups is 1. The summed E-state index contributed by atoms with van der Waals surface area (Å²) < 4.78 is 18.5. The minimum absolute atomic E-state index is 0.0929. The van der Waals surface area contributed by atoms with E-state index in [9.17, 15) is 4.79 Å². The molecule has 0 atom stereocenters. The van der Waals surface area contributed by atoms with Gasteiger partial charge in [0.25, 0.3) is 5.91 Å². The first-order valence-electron chi connectivity index (χ1n) is 6.95. The fourth-order valence-electron chi connectivity index (χ4n) is 1.95. The van der Waals surface area contributed by atoms with E-state index < -0.39 is 0 Å². The predicted molar refractivity (Wildman–Crippen MR) is 83.1 cm³/mol. The van der Waals surface area contributed by atoms with Gasteiger partial charge in [-0.25, -0.2) is 0 Å². The second-order valence-corrected chi connectivity index (χ2v) is 5.12. The number of aromatic nitrogens is 2. The van der Waals surface area contributed by atoms with Crippen LogP contribution in [0.25, 0.3) is 11.0 Å². The number of nitrogens with zero attached hydrogens (tertiary/aromatic N) is 3. The first-order chi connectivity index (χ1) is 10.8. The van der Waals surface area contributed by atoms with Gasteiger partial charge in [-0.2, -0.15) is 8.75 Å². The molecule has 0 aliphatic rings. The molecule has 1 aromatic heterocycles. The summed E-state index contributed by atoms with van der Waals surface area (Å²) in [5, 5.41) is 9.14. The van der Waals surface area contributed by atoms with Crippen molar-refractivity contribution in [2.75, 3.05) is 46.6 Å². The minimum atomic E-state index is -0.153. The van der Waals surface area contributed by atoms with Crippen LogP contribution in [0.2, 0.25) is 0 Å². The van der Waals surface area contributed by atoms with Crippen molar-refractivity contribution in [2.24, 2.45) is 0 Å². The van der Waals surface area contributed by atoms with Crippen molar-refractivity contribution in [1.82, 2.24) is 13.6 Å². The van der Waals surface area contributed by atoms with Gasteiger partial charge in [-0.3, -0.25) is 4.79 Å². The van der Waals surface area contributed by atoms with Crippen molar-refractivity contribution >= 4 is 28.7 Å². The lowest BCUT2D eigenvalue weighted by atomic mass is 10.1. The Morgan fingerprint density at radius 3 is 2.82 bits per heavy atom. The summed E-state index contributed by atoms with van der Waals surface area (Å²) in [5.41, 5.74) is 2.01. The number of hydrogen-bond acceptors (Lipinski definition) is 7. The molecular weight excluding hydrogens is 306 g/mol. The lowest BCUT2D eigenvalue weighted by Gasteiger charge is -2.21. The zero-order chi connectivity index (χ0) is 15.8. The third-order valence-electron chi connectivity index (χ3n) is 3.10. The van der Waals surface area contributed by atoms with E-state index in [1.165, 1.54) is 0 Å². The number of methoxy groups -OCH3 is 1. The Balaban J connectivity index is 1.98. The van der Waals surface area contributed by atoms with Gasteiger partial charge < -0.3 is 19.5 Å². The summed E-state index contributed by atoms with van der Waals surface area (Å²) in [4.78, 5) is 14.1. The molecule has 2 aromatic rings. The molecule has 120 valence electrons. The highest BCUT2D eigenvalue weighted by Crippen LogP contribution is 2.15. The first kappa shape index (κ1) is 16.8. The average Bonchev–Trinajstić information content (AvgIpc) is 3.00. The van der Waals surface area contributed by atoms with E-state index in [-0.39, 0.29) is 19.1 Å². The number of rotatable bonds is 9. The van der Waals surface area contributed by atoms with Crippen molar-refractivity contribution in [3.63, 3.8) is 0 Å². The Bertz CT molecular complexity index is 605.